The van der Waals surface area contributed by atoms with Gasteiger partial charge in [-0.25, -0.2) is 9.59 Å². The molecular formula is C20H25N3O5. The fourth-order valence-corrected chi connectivity index (χ4v) is 2.83. The molecule has 0 aliphatic carbocycles. The number of nitrogens with zero attached hydrogens (tertiary/aromatic N) is 2. The number of likely N-dealkylation sites (tertiary alicyclic amines) is 1. The molecule has 0 radical (unpaired) electrons. The van der Waals surface area contributed by atoms with Gasteiger partial charge in [-0.1, -0.05) is 30.3 Å². The molecule has 0 unspecified atom stereocenters. The molecule has 1 aliphatic heterocycles. The van der Waals surface area contributed by atoms with Gasteiger partial charge in [0.15, 0.2) is 0 Å². The zero-order valence-electron chi connectivity index (χ0n) is 15.8. The number of hydrogen-bond acceptors (Lipinski definition) is 5. The number of rotatable bonds is 7. The first kappa shape index (κ1) is 21.2. The smallest absolute Gasteiger partial charge is 0.328 e. The average molecular weight is 387 g/mol. The van der Waals surface area contributed by atoms with Crippen LogP contribution in [0.1, 0.15) is 18.4 Å². The summed E-state index contributed by atoms with van der Waals surface area (Å²) in [7, 11) is 0. The molecule has 1 aromatic heterocycles. The molecule has 1 aromatic carbocycles. The summed E-state index contributed by atoms with van der Waals surface area (Å²) < 4.78 is 5.82. The van der Waals surface area contributed by atoms with E-state index in [9.17, 15) is 9.59 Å². The maximum Gasteiger partial charge on any atom is 0.328 e. The van der Waals surface area contributed by atoms with Crippen LogP contribution in [0.5, 0.6) is 5.88 Å². The van der Waals surface area contributed by atoms with Crippen molar-refractivity contribution in [2.45, 2.75) is 19.8 Å². The molecule has 0 amide bonds. The van der Waals surface area contributed by atoms with Crippen molar-refractivity contribution < 1.29 is 24.5 Å². The van der Waals surface area contributed by atoms with E-state index in [0.29, 0.717) is 18.8 Å². The lowest BCUT2D eigenvalue weighted by molar-refractivity contribution is -0.134. The maximum atomic E-state index is 9.55. The van der Waals surface area contributed by atoms with Crippen LogP contribution < -0.4 is 4.74 Å². The van der Waals surface area contributed by atoms with Crippen LogP contribution in [-0.2, 0) is 9.59 Å². The van der Waals surface area contributed by atoms with E-state index in [1.54, 1.807) is 0 Å². The number of carboxylic acid groups (broad SMARTS) is 2. The molecular weight excluding hydrogens is 362 g/mol. The first-order valence-corrected chi connectivity index (χ1v) is 9.07. The van der Waals surface area contributed by atoms with Crippen LogP contribution in [0.4, 0.5) is 0 Å². The van der Waals surface area contributed by atoms with Gasteiger partial charge in [0.05, 0.1) is 5.69 Å². The number of hydrogen-bond donors (Lipinski definition) is 3. The largest absolute Gasteiger partial charge is 0.478 e. The van der Waals surface area contributed by atoms with Gasteiger partial charge < -0.3 is 14.9 Å². The third-order valence-corrected chi connectivity index (χ3v) is 4.24. The summed E-state index contributed by atoms with van der Waals surface area (Å²) in [6, 6.07) is 10.2. The zero-order valence-corrected chi connectivity index (χ0v) is 15.8. The Morgan fingerprint density at radius 1 is 1.14 bits per heavy atom. The van der Waals surface area contributed by atoms with Crippen LogP contribution in [0.15, 0.2) is 42.5 Å². The van der Waals surface area contributed by atoms with Crippen molar-refractivity contribution in [2.24, 2.45) is 0 Å². The minimum absolute atomic E-state index is 0.558. The SMILES string of the molecule is Cc1c(OCCN2CCCC2)n[nH]c1-c1ccccc1.O=C(O)/C=C\C(=O)O. The van der Waals surface area contributed by atoms with Gasteiger partial charge in [-0.15, -0.1) is 5.10 Å². The van der Waals surface area contributed by atoms with Crippen molar-refractivity contribution in [3.8, 4) is 17.1 Å². The lowest BCUT2D eigenvalue weighted by Gasteiger charge is -2.14. The molecule has 0 bridgehead atoms. The lowest BCUT2D eigenvalue weighted by atomic mass is 10.1. The summed E-state index contributed by atoms with van der Waals surface area (Å²) in [6.45, 7) is 6.17. The molecule has 2 aromatic rings. The summed E-state index contributed by atoms with van der Waals surface area (Å²) in [5, 5.41) is 23.0. The number of carboxylic acids is 2. The van der Waals surface area contributed by atoms with E-state index in [2.05, 4.69) is 34.2 Å². The lowest BCUT2D eigenvalue weighted by Crippen LogP contribution is -2.25. The fraction of sp³-hybridized carbons (Fsp3) is 0.350. The predicted molar refractivity (Wildman–Crippen MR) is 104 cm³/mol. The van der Waals surface area contributed by atoms with Crippen molar-refractivity contribution in [1.82, 2.24) is 15.1 Å². The van der Waals surface area contributed by atoms with E-state index < -0.39 is 11.9 Å². The molecule has 2 heterocycles. The fourth-order valence-electron chi connectivity index (χ4n) is 2.83. The molecule has 0 spiro atoms. The molecule has 28 heavy (non-hydrogen) atoms. The van der Waals surface area contributed by atoms with Crippen LogP contribution in [-0.4, -0.2) is 63.5 Å². The Hall–Kier alpha value is -3.13. The molecule has 3 rings (SSSR count). The number of H-pyrrole nitrogens is 1. The van der Waals surface area contributed by atoms with E-state index in [-0.39, 0.29) is 0 Å². The monoisotopic (exact) mass is 387 g/mol. The van der Waals surface area contributed by atoms with E-state index in [4.69, 9.17) is 14.9 Å². The van der Waals surface area contributed by atoms with Crippen LogP contribution >= 0.6 is 0 Å². The van der Waals surface area contributed by atoms with Crippen molar-refractivity contribution >= 4 is 11.9 Å². The van der Waals surface area contributed by atoms with Crippen LogP contribution in [0.3, 0.4) is 0 Å². The van der Waals surface area contributed by atoms with Gasteiger partial charge in [0, 0.05) is 24.3 Å². The van der Waals surface area contributed by atoms with Crippen LogP contribution in [0.25, 0.3) is 11.3 Å². The number of carbonyl (C=O) groups is 2. The standard InChI is InChI=1S/C16H21N3O.C4H4O4/c1-13-15(14-7-3-2-4-8-14)17-18-16(13)20-12-11-19-9-5-6-10-19;5-3(6)1-2-4(7)8/h2-4,7-8H,5-6,9-12H2,1H3,(H,17,18);1-2H,(H,5,6)(H,7,8)/b;2-1-. The number of nitrogens with one attached hydrogen (secondary N) is 1. The average Bonchev–Trinajstić information content (AvgIpc) is 3.32. The topological polar surface area (TPSA) is 116 Å². The molecule has 8 heteroatoms. The predicted octanol–water partition coefficient (Wildman–Crippen LogP) is 2.57. The highest BCUT2D eigenvalue weighted by molar-refractivity contribution is 5.89. The van der Waals surface area contributed by atoms with Crippen molar-refractivity contribution in [3.63, 3.8) is 0 Å². The highest BCUT2D eigenvalue weighted by Crippen LogP contribution is 2.26. The summed E-state index contributed by atoms with van der Waals surface area (Å²) in [6.07, 6.45) is 3.75. The third-order valence-electron chi connectivity index (χ3n) is 4.24. The summed E-state index contributed by atoms with van der Waals surface area (Å²) >= 11 is 0. The molecule has 150 valence electrons. The van der Waals surface area contributed by atoms with Crippen molar-refractivity contribution in [2.75, 3.05) is 26.2 Å². The number of aliphatic carboxylic acids is 2. The Labute approximate surface area is 163 Å². The van der Waals surface area contributed by atoms with Gasteiger partial charge in [-0.05, 0) is 38.4 Å². The summed E-state index contributed by atoms with van der Waals surface area (Å²) in [5.41, 5.74) is 3.27. The van der Waals surface area contributed by atoms with Gasteiger partial charge in [0.25, 0.3) is 0 Å². The number of aromatic nitrogens is 2. The van der Waals surface area contributed by atoms with E-state index >= 15 is 0 Å². The van der Waals surface area contributed by atoms with E-state index in [1.807, 2.05) is 18.2 Å². The van der Waals surface area contributed by atoms with Crippen molar-refractivity contribution in [1.29, 1.82) is 0 Å². The van der Waals surface area contributed by atoms with Gasteiger partial charge in [0.1, 0.15) is 6.61 Å². The van der Waals surface area contributed by atoms with Gasteiger partial charge in [-0.3, -0.25) is 10.00 Å². The second kappa shape index (κ2) is 10.9. The molecule has 8 nitrogen and oxygen atoms in total. The normalized spacial score (nSPS) is 13.9. The first-order valence-electron chi connectivity index (χ1n) is 9.07. The van der Waals surface area contributed by atoms with Crippen LogP contribution in [0, 0.1) is 6.92 Å². The van der Waals surface area contributed by atoms with E-state index in [0.717, 1.165) is 29.2 Å². The molecule has 3 N–H and O–H groups in total. The summed E-state index contributed by atoms with van der Waals surface area (Å²) in [5.74, 6) is -1.79. The van der Waals surface area contributed by atoms with E-state index in [1.165, 1.54) is 25.9 Å². The Morgan fingerprint density at radius 2 is 1.75 bits per heavy atom. The third kappa shape index (κ3) is 6.88. The number of ether oxygens (including phenoxy) is 1. The number of aromatic amines is 1. The molecule has 1 aliphatic rings. The molecule has 1 saturated heterocycles. The highest BCUT2D eigenvalue weighted by atomic mass is 16.5. The highest BCUT2D eigenvalue weighted by Gasteiger charge is 2.14. The second-order valence-corrected chi connectivity index (χ2v) is 6.30. The Bertz CT molecular complexity index is 779. The molecule has 1 fully saturated rings. The zero-order chi connectivity index (χ0) is 20.4. The second-order valence-electron chi connectivity index (χ2n) is 6.30. The minimum Gasteiger partial charge on any atom is -0.478 e. The number of benzene rings is 1. The van der Waals surface area contributed by atoms with Gasteiger partial charge in [-0.2, -0.15) is 0 Å². The van der Waals surface area contributed by atoms with Crippen molar-refractivity contribution in [3.05, 3.63) is 48.0 Å². The molecule has 0 atom stereocenters. The molecule has 0 saturated carbocycles. The van der Waals surface area contributed by atoms with Crippen LogP contribution in [0.2, 0.25) is 0 Å². The Morgan fingerprint density at radius 3 is 2.32 bits per heavy atom. The van der Waals surface area contributed by atoms with Gasteiger partial charge in [0.2, 0.25) is 5.88 Å². The Kier molecular flexibility index (Phi) is 8.23. The maximum absolute atomic E-state index is 9.55. The first-order chi connectivity index (χ1) is 13.5. The Balaban J connectivity index is 0.000000300. The minimum atomic E-state index is -1.26. The van der Waals surface area contributed by atoms with Gasteiger partial charge >= 0.3 is 11.9 Å². The quantitative estimate of drug-likeness (QED) is 0.625. The summed E-state index contributed by atoms with van der Waals surface area (Å²) in [4.78, 5) is 21.6.